The van der Waals surface area contributed by atoms with E-state index in [4.69, 9.17) is 30.6 Å². The van der Waals surface area contributed by atoms with E-state index in [2.05, 4.69) is 20.8 Å². The molecule has 202 valence electrons. The second kappa shape index (κ2) is 15.2. The Morgan fingerprint density at radius 1 is 0.694 bits per heavy atom. The number of sulfone groups is 1. The Morgan fingerprint density at radius 3 is 1.25 bits per heavy atom. The van der Waals surface area contributed by atoms with E-state index in [1.807, 2.05) is 12.1 Å². The summed E-state index contributed by atoms with van der Waals surface area (Å²) in [7, 11) is -3.41. The van der Waals surface area contributed by atoms with Gasteiger partial charge >= 0.3 is 11.9 Å². The molecule has 0 atom stereocenters. The lowest BCUT2D eigenvalue weighted by Crippen LogP contribution is -2.27. The Kier molecular flexibility index (Phi) is 14.9. The quantitative estimate of drug-likeness (QED) is 0.189. The highest BCUT2D eigenvalue weighted by molar-refractivity contribution is 8.00. The zero-order valence-electron chi connectivity index (χ0n) is 21.2. The number of carboxylic acid groups (broad SMARTS) is 3. The molecular formula is C24H34O10S2. The number of hydrogen-bond acceptors (Lipinski definition) is 8. The molecule has 10 nitrogen and oxygen atoms in total. The van der Waals surface area contributed by atoms with Crippen LogP contribution in [0, 0.1) is 0 Å². The molecule has 0 aliphatic carbocycles. The van der Waals surface area contributed by atoms with Crippen LogP contribution in [0.5, 0.6) is 0 Å². The molecule has 0 heterocycles. The van der Waals surface area contributed by atoms with Crippen LogP contribution in [0.3, 0.4) is 0 Å². The lowest BCUT2D eigenvalue weighted by molar-refractivity contribution is -0.176. The molecule has 0 spiro atoms. The van der Waals surface area contributed by atoms with Crippen molar-refractivity contribution in [2.45, 2.75) is 67.8 Å². The van der Waals surface area contributed by atoms with Crippen molar-refractivity contribution in [1.82, 2.24) is 0 Å². The Bertz CT molecular complexity index is 1070. The fourth-order valence-electron chi connectivity index (χ4n) is 2.15. The Labute approximate surface area is 215 Å². The van der Waals surface area contributed by atoms with Gasteiger partial charge in [0, 0.05) is 16.6 Å². The lowest BCUT2D eigenvalue weighted by Gasteiger charge is -2.19. The molecule has 0 fully saturated rings. The molecule has 0 saturated carbocycles. The second-order valence-electron chi connectivity index (χ2n) is 9.01. The molecule has 2 rings (SSSR count). The first-order valence-electron chi connectivity index (χ1n) is 10.3. The van der Waals surface area contributed by atoms with Crippen LogP contribution >= 0.6 is 11.8 Å². The molecule has 0 bridgehead atoms. The van der Waals surface area contributed by atoms with Gasteiger partial charge in [-0.15, -0.1) is 11.8 Å². The third-order valence-electron chi connectivity index (χ3n) is 3.74. The van der Waals surface area contributed by atoms with Gasteiger partial charge in [0.05, 0.1) is 20.8 Å². The first-order chi connectivity index (χ1) is 16.3. The van der Waals surface area contributed by atoms with Gasteiger partial charge in [-0.2, -0.15) is 0 Å². The van der Waals surface area contributed by atoms with Gasteiger partial charge < -0.3 is 15.3 Å². The third-order valence-corrected chi connectivity index (χ3v) is 7.37. The minimum Gasteiger partial charge on any atom is -0.481 e. The van der Waals surface area contributed by atoms with Crippen LogP contribution < -0.4 is 0 Å². The number of hydrogen-bond donors (Lipinski definition) is 5. The summed E-state index contributed by atoms with van der Waals surface area (Å²) in [5.41, 5.74) is 0.413. The maximum Gasteiger partial charge on any atom is 0.335 e. The average molecular weight is 547 g/mol. The van der Waals surface area contributed by atoms with Crippen LogP contribution in [0.4, 0.5) is 0 Å². The Balaban J connectivity index is 0. The Hall–Kier alpha value is -2.93. The van der Waals surface area contributed by atoms with Gasteiger partial charge in [0.1, 0.15) is 0 Å². The highest BCUT2D eigenvalue weighted by Gasteiger charge is 2.30. The lowest BCUT2D eigenvalue weighted by atomic mass is 10.2. The van der Waals surface area contributed by atoms with Gasteiger partial charge in [-0.1, -0.05) is 20.8 Å². The monoisotopic (exact) mass is 546 g/mol. The van der Waals surface area contributed by atoms with Crippen LogP contribution in [-0.4, -0.2) is 61.7 Å². The maximum atomic E-state index is 12.0. The number of benzene rings is 2. The van der Waals surface area contributed by atoms with Crippen LogP contribution in [0.2, 0.25) is 0 Å². The number of carbonyl (C=O) groups is 3. The predicted molar refractivity (Wildman–Crippen MR) is 138 cm³/mol. The van der Waals surface area contributed by atoms with E-state index in [0.29, 0.717) is 5.56 Å². The van der Waals surface area contributed by atoms with Crippen molar-refractivity contribution in [2.75, 3.05) is 0 Å². The second-order valence-corrected chi connectivity index (χ2v) is 13.6. The number of rotatable bonds is 4. The predicted octanol–water partition coefficient (Wildman–Crippen LogP) is 5.34. The molecule has 0 aromatic heterocycles. The van der Waals surface area contributed by atoms with Gasteiger partial charge in [-0.05, 0) is 69.3 Å². The molecule has 2 aromatic carbocycles. The minimum absolute atomic E-state index is 0.0767. The normalized spacial score (nSPS) is 10.8. The van der Waals surface area contributed by atoms with Gasteiger partial charge in [0.25, 0.3) is 5.97 Å². The third kappa shape index (κ3) is 13.8. The summed E-state index contributed by atoms with van der Waals surface area (Å²) >= 11 is 1.73. The number of thioether (sulfide) groups is 1. The molecule has 2 aromatic rings. The summed E-state index contributed by atoms with van der Waals surface area (Å²) in [6, 6.07) is 12.2. The first-order valence-corrected chi connectivity index (χ1v) is 12.6. The van der Waals surface area contributed by atoms with Crippen molar-refractivity contribution < 1.29 is 48.6 Å². The van der Waals surface area contributed by atoms with E-state index >= 15 is 0 Å². The number of aliphatic carboxylic acids is 1. The van der Waals surface area contributed by atoms with Crippen molar-refractivity contribution in [2.24, 2.45) is 0 Å². The molecule has 12 heteroatoms. The highest BCUT2D eigenvalue weighted by Crippen LogP contribution is 2.31. The summed E-state index contributed by atoms with van der Waals surface area (Å²) in [4.78, 5) is 31.4. The van der Waals surface area contributed by atoms with Crippen LogP contribution in [0.25, 0.3) is 0 Å². The van der Waals surface area contributed by atoms with Gasteiger partial charge in [-0.25, -0.2) is 18.0 Å². The maximum absolute atomic E-state index is 12.0. The highest BCUT2D eigenvalue weighted by atomic mass is 32.2. The van der Waals surface area contributed by atoms with E-state index in [1.54, 1.807) is 44.7 Å². The molecule has 36 heavy (non-hydrogen) atoms. The van der Waals surface area contributed by atoms with Gasteiger partial charge in [-0.3, -0.25) is 15.3 Å². The smallest absolute Gasteiger partial charge is 0.335 e. The largest absolute Gasteiger partial charge is 0.481 e. The van der Waals surface area contributed by atoms with Crippen LogP contribution in [0.15, 0.2) is 58.3 Å². The molecular weight excluding hydrogens is 512 g/mol. The number of aromatic carboxylic acids is 2. The van der Waals surface area contributed by atoms with E-state index in [1.165, 1.54) is 24.3 Å². The van der Waals surface area contributed by atoms with Gasteiger partial charge in [0.15, 0.2) is 9.84 Å². The Morgan fingerprint density at radius 2 is 1.00 bits per heavy atom. The SMILES string of the molecule is CC(=O)O.CC(C)(C)S(=O)(=O)c1ccc(C(=O)O)cc1.CC(C)(C)Sc1ccc(C(=O)O)cc1.OO. The molecule has 0 radical (unpaired) electrons. The standard InChI is InChI=1S/C11H14O4S.C11H14O2S.C2H4O2.H2O2/c1-11(2,3)16(14,15)9-6-4-8(5-7-9)10(12)13;1-11(2,3)14-9-6-4-8(5-7-9)10(12)13;1-2(3)4;1-2/h4-7H,1-3H3,(H,12,13);4-7H,1-3H3,(H,12,13);1H3,(H,3,4);1-2H. The minimum atomic E-state index is -3.41. The van der Waals surface area contributed by atoms with Crippen LogP contribution in [0.1, 0.15) is 69.2 Å². The van der Waals surface area contributed by atoms with Crippen molar-refractivity contribution >= 4 is 39.5 Å². The van der Waals surface area contributed by atoms with Gasteiger partial charge in [0.2, 0.25) is 0 Å². The van der Waals surface area contributed by atoms with E-state index in [-0.39, 0.29) is 15.2 Å². The summed E-state index contributed by atoms with van der Waals surface area (Å²) in [6.07, 6.45) is 0. The topological polar surface area (TPSA) is 186 Å². The summed E-state index contributed by atoms with van der Waals surface area (Å²) in [5, 5.41) is 36.8. The van der Waals surface area contributed by atoms with Crippen molar-refractivity contribution in [1.29, 1.82) is 0 Å². The summed E-state index contributed by atoms with van der Waals surface area (Å²) in [5.74, 6) is -2.78. The van der Waals surface area contributed by atoms with Crippen molar-refractivity contribution in [3.05, 3.63) is 59.7 Å². The molecule has 0 aliphatic heterocycles. The van der Waals surface area contributed by atoms with Crippen molar-refractivity contribution in [3.63, 3.8) is 0 Å². The molecule has 5 N–H and O–H groups in total. The molecule has 0 aliphatic rings. The fourth-order valence-corrected chi connectivity index (χ4v) is 4.33. The van der Waals surface area contributed by atoms with Crippen LogP contribution in [-0.2, 0) is 14.6 Å². The summed E-state index contributed by atoms with van der Waals surface area (Å²) < 4.78 is 23.2. The van der Waals surface area contributed by atoms with E-state index in [9.17, 15) is 18.0 Å². The fraction of sp³-hybridized carbons (Fsp3) is 0.375. The molecule has 0 amide bonds. The summed E-state index contributed by atoms with van der Waals surface area (Å²) in [6.45, 7) is 12.3. The molecule has 0 unspecified atom stereocenters. The van der Waals surface area contributed by atoms with Crippen molar-refractivity contribution in [3.8, 4) is 0 Å². The molecule has 0 saturated heterocycles. The zero-order valence-corrected chi connectivity index (χ0v) is 22.8. The number of carboxylic acids is 3. The first kappa shape index (κ1) is 35.2. The average Bonchev–Trinajstić information content (AvgIpc) is 2.74. The van der Waals surface area contributed by atoms with E-state index < -0.39 is 32.5 Å². The van der Waals surface area contributed by atoms with E-state index in [0.717, 1.165) is 11.8 Å². The zero-order chi connectivity index (χ0) is 28.9.